The van der Waals surface area contributed by atoms with Crippen LogP contribution in [0.4, 0.5) is 5.95 Å². The smallest absolute Gasteiger partial charge is 0.243 e. The van der Waals surface area contributed by atoms with Crippen LogP contribution in [0.15, 0.2) is 6.33 Å². The molecule has 2 atom stereocenters. The summed E-state index contributed by atoms with van der Waals surface area (Å²) in [6.07, 6.45) is 1.31. The number of β-amino-alcohol motifs (C(OH)–C–C–N with tert-alkyl or cyclic N) is 1. The van der Waals surface area contributed by atoms with E-state index in [9.17, 15) is 9.90 Å². The van der Waals surface area contributed by atoms with E-state index >= 15 is 0 Å². The fourth-order valence-electron chi connectivity index (χ4n) is 1.97. The number of hydrogen-bond donors (Lipinski definition) is 4. The molecule has 2 unspecified atom stereocenters. The van der Waals surface area contributed by atoms with Gasteiger partial charge in [0.25, 0.3) is 0 Å². The zero-order valence-corrected chi connectivity index (χ0v) is 10.5. The van der Waals surface area contributed by atoms with E-state index in [-0.39, 0.29) is 17.0 Å². The van der Waals surface area contributed by atoms with Crippen molar-refractivity contribution in [2.45, 2.75) is 18.6 Å². The van der Waals surface area contributed by atoms with E-state index in [1.165, 1.54) is 6.33 Å². The second kappa shape index (κ2) is 4.72. The molecule has 19 heavy (non-hydrogen) atoms. The molecule has 0 aliphatic carbocycles. The molecule has 0 radical (unpaired) electrons. The van der Waals surface area contributed by atoms with E-state index in [2.05, 4.69) is 30.6 Å². The molecule has 3 heterocycles. The number of rotatable bonds is 2. The van der Waals surface area contributed by atoms with Crippen LogP contribution < -0.4 is 10.6 Å². The summed E-state index contributed by atoms with van der Waals surface area (Å²) in [5, 5.41) is 15.0. The molecule has 0 saturated carbocycles. The summed E-state index contributed by atoms with van der Waals surface area (Å²) in [6.45, 7) is 0.401. The Balaban J connectivity index is 1.79. The highest BCUT2D eigenvalue weighted by Crippen LogP contribution is 2.18. The molecule has 1 aliphatic heterocycles. The van der Waals surface area contributed by atoms with Gasteiger partial charge in [-0.15, -0.1) is 0 Å². The zero-order chi connectivity index (χ0) is 13.4. The third-order valence-electron chi connectivity index (χ3n) is 2.90. The molecule has 100 valence electrons. The lowest BCUT2D eigenvalue weighted by Crippen LogP contribution is -2.36. The SMILES string of the molecule is O=C(Nc1nc(Cl)c2[nH]cnc2n1)C1CC(O)CN1. The molecule has 0 aromatic carbocycles. The van der Waals surface area contributed by atoms with E-state index < -0.39 is 12.1 Å². The van der Waals surface area contributed by atoms with E-state index in [1.807, 2.05) is 0 Å². The van der Waals surface area contributed by atoms with Crippen molar-refractivity contribution in [3.05, 3.63) is 11.5 Å². The molecule has 1 fully saturated rings. The van der Waals surface area contributed by atoms with Crippen LogP contribution in [0.3, 0.4) is 0 Å². The predicted molar refractivity (Wildman–Crippen MR) is 67.7 cm³/mol. The maximum atomic E-state index is 11.9. The first-order chi connectivity index (χ1) is 9.13. The minimum atomic E-state index is -0.505. The number of nitrogens with one attached hydrogen (secondary N) is 3. The lowest BCUT2D eigenvalue weighted by atomic mass is 10.2. The monoisotopic (exact) mass is 282 g/mol. The summed E-state index contributed by atoms with van der Waals surface area (Å²) in [6, 6.07) is -0.452. The average Bonchev–Trinajstić information content (AvgIpc) is 2.97. The van der Waals surface area contributed by atoms with Gasteiger partial charge >= 0.3 is 0 Å². The minimum Gasteiger partial charge on any atom is -0.392 e. The van der Waals surface area contributed by atoms with Crippen molar-refractivity contribution < 1.29 is 9.90 Å². The van der Waals surface area contributed by atoms with Crippen LogP contribution in [-0.4, -0.2) is 49.6 Å². The lowest BCUT2D eigenvalue weighted by molar-refractivity contribution is -0.118. The van der Waals surface area contributed by atoms with Crippen LogP contribution in [-0.2, 0) is 4.79 Å². The van der Waals surface area contributed by atoms with Gasteiger partial charge in [0.15, 0.2) is 10.8 Å². The molecule has 4 N–H and O–H groups in total. The highest BCUT2D eigenvalue weighted by molar-refractivity contribution is 6.33. The van der Waals surface area contributed by atoms with Gasteiger partial charge in [-0.3, -0.25) is 10.1 Å². The molecule has 1 amide bonds. The fraction of sp³-hybridized carbons (Fsp3) is 0.400. The van der Waals surface area contributed by atoms with E-state index in [4.69, 9.17) is 11.6 Å². The van der Waals surface area contributed by atoms with Gasteiger partial charge in [-0.25, -0.2) is 4.98 Å². The van der Waals surface area contributed by atoms with Gasteiger partial charge in [0, 0.05) is 6.54 Å². The van der Waals surface area contributed by atoms with Crippen molar-refractivity contribution in [2.75, 3.05) is 11.9 Å². The van der Waals surface area contributed by atoms with Gasteiger partial charge in [-0.2, -0.15) is 9.97 Å². The van der Waals surface area contributed by atoms with Crippen LogP contribution >= 0.6 is 11.6 Å². The Labute approximate surface area is 112 Å². The van der Waals surface area contributed by atoms with Gasteiger partial charge in [-0.05, 0) is 6.42 Å². The summed E-state index contributed by atoms with van der Waals surface area (Å²) < 4.78 is 0. The third kappa shape index (κ3) is 2.37. The van der Waals surface area contributed by atoms with Crippen molar-refractivity contribution in [1.29, 1.82) is 0 Å². The molecule has 2 aromatic heterocycles. The normalized spacial score (nSPS) is 22.8. The highest BCUT2D eigenvalue weighted by Gasteiger charge is 2.28. The fourth-order valence-corrected chi connectivity index (χ4v) is 2.19. The number of aliphatic hydroxyl groups excluding tert-OH is 1. The number of carbonyl (C=O) groups excluding carboxylic acids is 1. The topological polar surface area (TPSA) is 116 Å². The molecule has 9 heteroatoms. The first-order valence-corrected chi connectivity index (χ1v) is 6.10. The second-order valence-electron chi connectivity index (χ2n) is 4.28. The van der Waals surface area contributed by atoms with Gasteiger partial charge in [0.1, 0.15) is 5.52 Å². The molecule has 1 aliphatic rings. The first-order valence-electron chi connectivity index (χ1n) is 5.72. The highest BCUT2D eigenvalue weighted by atomic mass is 35.5. The molecule has 3 rings (SSSR count). The number of aromatic nitrogens is 4. The van der Waals surface area contributed by atoms with Gasteiger partial charge in [0.05, 0.1) is 18.5 Å². The summed E-state index contributed by atoms with van der Waals surface area (Å²) in [5.74, 6) is -0.208. The van der Waals surface area contributed by atoms with E-state index in [0.29, 0.717) is 24.1 Å². The van der Waals surface area contributed by atoms with Crippen LogP contribution in [0.25, 0.3) is 11.2 Å². The lowest BCUT2D eigenvalue weighted by Gasteiger charge is -2.09. The summed E-state index contributed by atoms with van der Waals surface area (Å²) >= 11 is 5.94. The Morgan fingerprint density at radius 1 is 1.53 bits per heavy atom. The standard InChI is InChI=1S/C10H11ClN6O2/c11-7-6-8(14-3-13-6)16-10(15-7)17-9(19)5-1-4(18)2-12-5/h3-5,12,18H,1-2H2,(H2,13,14,15,16,17,19). The van der Waals surface area contributed by atoms with Gasteiger partial charge < -0.3 is 15.4 Å². The zero-order valence-electron chi connectivity index (χ0n) is 9.72. The number of H-pyrrole nitrogens is 1. The van der Waals surface area contributed by atoms with Crippen LogP contribution in [0, 0.1) is 0 Å². The van der Waals surface area contributed by atoms with Crippen LogP contribution in [0.2, 0.25) is 5.15 Å². The Morgan fingerprint density at radius 2 is 2.37 bits per heavy atom. The van der Waals surface area contributed by atoms with Crippen molar-refractivity contribution in [3.8, 4) is 0 Å². The summed E-state index contributed by atoms with van der Waals surface area (Å²) in [4.78, 5) is 26.7. The van der Waals surface area contributed by atoms with Crippen LogP contribution in [0.5, 0.6) is 0 Å². The van der Waals surface area contributed by atoms with E-state index in [1.54, 1.807) is 0 Å². The predicted octanol–water partition coefficient (Wildman–Crippen LogP) is -0.332. The van der Waals surface area contributed by atoms with Crippen LogP contribution in [0.1, 0.15) is 6.42 Å². The number of anilines is 1. The largest absolute Gasteiger partial charge is 0.392 e. The number of fused-ring (bicyclic) bond motifs is 1. The Kier molecular flexibility index (Phi) is 3.05. The summed E-state index contributed by atoms with van der Waals surface area (Å²) in [7, 11) is 0. The number of aliphatic hydroxyl groups is 1. The molecular weight excluding hydrogens is 272 g/mol. The quantitative estimate of drug-likeness (QED) is 0.561. The molecule has 0 bridgehead atoms. The molecule has 0 spiro atoms. The Hall–Kier alpha value is -1.77. The number of aromatic amines is 1. The van der Waals surface area contributed by atoms with Gasteiger partial charge in [-0.1, -0.05) is 11.6 Å². The minimum absolute atomic E-state index is 0.0952. The number of halogens is 1. The number of carbonyl (C=O) groups is 1. The average molecular weight is 283 g/mol. The number of imidazole rings is 1. The number of nitrogens with zero attached hydrogens (tertiary/aromatic N) is 3. The first kappa shape index (κ1) is 12.3. The Bertz CT molecular complexity index is 630. The number of hydrogen-bond acceptors (Lipinski definition) is 6. The Morgan fingerprint density at radius 3 is 3.11 bits per heavy atom. The van der Waals surface area contributed by atoms with E-state index in [0.717, 1.165) is 0 Å². The third-order valence-corrected chi connectivity index (χ3v) is 3.17. The second-order valence-corrected chi connectivity index (χ2v) is 4.64. The molecule has 1 saturated heterocycles. The maximum Gasteiger partial charge on any atom is 0.243 e. The van der Waals surface area contributed by atoms with Crippen molar-refractivity contribution >= 4 is 34.6 Å². The summed E-state index contributed by atoms with van der Waals surface area (Å²) in [5.41, 5.74) is 0.906. The molecule has 2 aromatic rings. The number of amides is 1. The van der Waals surface area contributed by atoms with Crippen molar-refractivity contribution in [3.63, 3.8) is 0 Å². The van der Waals surface area contributed by atoms with Crippen molar-refractivity contribution in [1.82, 2.24) is 25.3 Å². The molecular formula is C10H11ClN6O2. The molecule has 8 nitrogen and oxygen atoms in total. The van der Waals surface area contributed by atoms with Crippen molar-refractivity contribution in [2.24, 2.45) is 0 Å². The maximum absolute atomic E-state index is 11.9. The van der Waals surface area contributed by atoms with Gasteiger partial charge in [0.2, 0.25) is 11.9 Å².